The highest BCUT2D eigenvalue weighted by atomic mass is 16.3. The highest BCUT2D eigenvalue weighted by Crippen LogP contribution is 2.30. The number of carbonyl (C=O) groups is 1. The lowest BCUT2D eigenvalue weighted by atomic mass is 10.1. The van der Waals surface area contributed by atoms with Crippen molar-refractivity contribution in [2.24, 2.45) is 5.73 Å². The summed E-state index contributed by atoms with van der Waals surface area (Å²) in [4.78, 5) is 10.7. The van der Waals surface area contributed by atoms with Crippen LogP contribution in [0, 0.1) is 0 Å². The third kappa shape index (κ3) is 3.79. The van der Waals surface area contributed by atoms with Gasteiger partial charge in [0, 0.05) is 23.0 Å². The Hall–Kier alpha value is -2.89. The second-order valence-electron chi connectivity index (χ2n) is 4.68. The van der Waals surface area contributed by atoms with Gasteiger partial charge in [-0.3, -0.25) is 0 Å². The van der Waals surface area contributed by atoms with E-state index in [1.54, 1.807) is 30.3 Å². The number of nitrogens with one attached hydrogen (secondary N) is 2. The van der Waals surface area contributed by atoms with Gasteiger partial charge < -0.3 is 26.6 Å². The number of amides is 2. The average Bonchev–Trinajstić information content (AvgIpc) is 2.40. The first-order valence-corrected chi connectivity index (χ1v) is 6.40. The highest BCUT2D eigenvalue weighted by molar-refractivity contribution is 5.87. The molecule has 6 N–H and O–H groups in total. The van der Waals surface area contributed by atoms with Crippen LogP contribution in [0.15, 0.2) is 42.5 Å². The van der Waals surface area contributed by atoms with Crippen molar-refractivity contribution >= 4 is 17.4 Å². The minimum absolute atomic E-state index is 0.0188. The molecular formula is C15H17N3O3. The highest BCUT2D eigenvalue weighted by Gasteiger charge is 2.10. The topological polar surface area (TPSA) is 108 Å². The SMILES string of the molecule is CC(Nc1ccc(NC(N)=O)cc1)c1ccc(O)cc1O. The fourth-order valence-electron chi connectivity index (χ4n) is 2.02. The molecule has 0 fully saturated rings. The van der Waals surface area contributed by atoms with E-state index in [2.05, 4.69) is 10.6 Å². The molecule has 2 aromatic rings. The number of phenolic OH excluding ortho intramolecular Hbond substituents is 2. The molecule has 0 aliphatic heterocycles. The Morgan fingerprint density at radius 2 is 1.71 bits per heavy atom. The molecule has 6 heteroatoms. The number of rotatable bonds is 4. The van der Waals surface area contributed by atoms with Crippen LogP contribution in [0.5, 0.6) is 11.5 Å². The molecule has 21 heavy (non-hydrogen) atoms. The summed E-state index contributed by atoms with van der Waals surface area (Å²) >= 11 is 0. The first kappa shape index (κ1) is 14.5. The summed E-state index contributed by atoms with van der Waals surface area (Å²) in [7, 11) is 0. The molecular weight excluding hydrogens is 270 g/mol. The summed E-state index contributed by atoms with van der Waals surface area (Å²) in [5.41, 5.74) is 7.14. The summed E-state index contributed by atoms with van der Waals surface area (Å²) in [6.45, 7) is 1.89. The lowest BCUT2D eigenvalue weighted by molar-refractivity contribution is 0.259. The Morgan fingerprint density at radius 1 is 1.10 bits per heavy atom. The van der Waals surface area contributed by atoms with Crippen LogP contribution in [-0.4, -0.2) is 16.2 Å². The number of hydrogen-bond donors (Lipinski definition) is 5. The molecule has 0 heterocycles. The first-order chi connectivity index (χ1) is 9.95. The quantitative estimate of drug-likeness (QED) is 0.596. The van der Waals surface area contributed by atoms with Crippen LogP contribution < -0.4 is 16.4 Å². The van der Waals surface area contributed by atoms with Gasteiger partial charge in [0.05, 0.1) is 6.04 Å². The number of primary amides is 1. The molecule has 0 saturated heterocycles. The number of nitrogens with two attached hydrogens (primary N) is 1. The van der Waals surface area contributed by atoms with Crippen LogP contribution >= 0.6 is 0 Å². The van der Waals surface area contributed by atoms with Crippen LogP contribution in [0.2, 0.25) is 0 Å². The van der Waals surface area contributed by atoms with E-state index in [0.717, 1.165) is 5.69 Å². The second-order valence-corrected chi connectivity index (χ2v) is 4.68. The van der Waals surface area contributed by atoms with Gasteiger partial charge in [-0.05, 0) is 43.3 Å². The molecule has 0 radical (unpaired) electrons. The van der Waals surface area contributed by atoms with Crippen molar-refractivity contribution in [1.29, 1.82) is 0 Å². The predicted molar refractivity (Wildman–Crippen MR) is 81.5 cm³/mol. The summed E-state index contributed by atoms with van der Waals surface area (Å²) in [5, 5.41) is 24.8. The number of carbonyl (C=O) groups excluding carboxylic acids is 1. The summed E-state index contributed by atoms with van der Waals surface area (Å²) in [6, 6.07) is 10.7. The maximum absolute atomic E-state index is 10.7. The van der Waals surface area contributed by atoms with E-state index in [0.29, 0.717) is 11.3 Å². The molecule has 0 saturated carbocycles. The van der Waals surface area contributed by atoms with Crippen LogP contribution in [-0.2, 0) is 0 Å². The second kappa shape index (κ2) is 6.04. The van der Waals surface area contributed by atoms with Crippen molar-refractivity contribution in [3.63, 3.8) is 0 Å². The Morgan fingerprint density at radius 3 is 2.29 bits per heavy atom. The normalized spacial score (nSPS) is 11.7. The van der Waals surface area contributed by atoms with Crippen molar-refractivity contribution < 1.29 is 15.0 Å². The van der Waals surface area contributed by atoms with Crippen LogP contribution in [0.4, 0.5) is 16.2 Å². The zero-order chi connectivity index (χ0) is 15.4. The van der Waals surface area contributed by atoms with Gasteiger partial charge in [-0.1, -0.05) is 0 Å². The van der Waals surface area contributed by atoms with E-state index in [-0.39, 0.29) is 17.5 Å². The maximum Gasteiger partial charge on any atom is 0.316 e. The van der Waals surface area contributed by atoms with Crippen molar-refractivity contribution in [2.45, 2.75) is 13.0 Å². The number of urea groups is 1. The van der Waals surface area contributed by atoms with E-state index >= 15 is 0 Å². The van der Waals surface area contributed by atoms with Crippen LogP contribution in [0.3, 0.4) is 0 Å². The van der Waals surface area contributed by atoms with E-state index in [1.165, 1.54) is 12.1 Å². The van der Waals surface area contributed by atoms with Gasteiger partial charge in [0.1, 0.15) is 11.5 Å². The number of phenols is 2. The number of hydrogen-bond acceptors (Lipinski definition) is 4. The number of aromatic hydroxyl groups is 2. The van der Waals surface area contributed by atoms with Crippen LogP contribution in [0.25, 0.3) is 0 Å². The van der Waals surface area contributed by atoms with Gasteiger partial charge in [-0.25, -0.2) is 4.79 Å². The zero-order valence-electron chi connectivity index (χ0n) is 11.5. The minimum atomic E-state index is -0.613. The molecule has 0 aliphatic carbocycles. The Balaban J connectivity index is 2.08. The fraction of sp³-hybridized carbons (Fsp3) is 0.133. The third-order valence-electron chi connectivity index (χ3n) is 3.02. The van der Waals surface area contributed by atoms with Gasteiger partial charge in [-0.2, -0.15) is 0 Å². The largest absolute Gasteiger partial charge is 0.508 e. The van der Waals surface area contributed by atoms with Crippen molar-refractivity contribution in [1.82, 2.24) is 0 Å². The van der Waals surface area contributed by atoms with Crippen molar-refractivity contribution in [2.75, 3.05) is 10.6 Å². The predicted octanol–water partition coefficient (Wildman–Crippen LogP) is 2.76. The zero-order valence-corrected chi connectivity index (χ0v) is 11.5. The molecule has 1 atom stereocenters. The molecule has 0 aliphatic rings. The maximum atomic E-state index is 10.7. The van der Waals surface area contributed by atoms with Gasteiger partial charge in [0.25, 0.3) is 0 Å². The lowest BCUT2D eigenvalue weighted by Crippen LogP contribution is -2.19. The van der Waals surface area contributed by atoms with E-state index < -0.39 is 6.03 Å². The molecule has 2 rings (SSSR count). The Bertz CT molecular complexity index is 641. The number of benzene rings is 2. The van der Waals surface area contributed by atoms with Gasteiger partial charge >= 0.3 is 6.03 Å². The van der Waals surface area contributed by atoms with Crippen molar-refractivity contribution in [3.8, 4) is 11.5 Å². The Labute approximate surface area is 122 Å². The average molecular weight is 287 g/mol. The standard InChI is InChI=1S/C15H17N3O3/c1-9(13-7-6-12(19)8-14(13)20)17-10-2-4-11(5-3-10)18-15(16)21/h2-9,17,19-20H,1H3,(H3,16,18,21). The Kier molecular flexibility index (Phi) is 4.18. The molecule has 2 amide bonds. The lowest BCUT2D eigenvalue weighted by Gasteiger charge is -2.17. The van der Waals surface area contributed by atoms with Gasteiger partial charge in [-0.15, -0.1) is 0 Å². The molecule has 6 nitrogen and oxygen atoms in total. The van der Waals surface area contributed by atoms with E-state index in [1.807, 2.05) is 6.92 Å². The smallest absolute Gasteiger partial charge is 0.316 e. The summed E-state index contributed by atoms with van der Waals surface area (Å²) < 4.78 is 0. The minimum Gasteiger partial charge on any atom is -0.508 e. The summed E-state index contributed by atoms with van der Waals surface area (Å²) in [5.74, 6) is 0.0485. The molecule has 0 bridgehead atoms. The molecule has 2 aromatic carbocycles. The van der Waals surface area contributed by atoms with Crippen LogP contribution in [0.1, 0.15) is 18.5 Å². The van der Waals surface area contributed by atoms with Crippen molar-refractivity contribution in [3.05, 3.63) is 48.0 Å². The van der Waals surface area contributed by atoms with Gasteiger partial charge in [0.15, 0.2) is 0 Å². The number of anilines is 2. The van der Waals surface area contributed by atoms with Gasteiger partial charge in [0.2, 0.25) is 0 Å². The molecule has 110 valence electrons. The molecule has 0 aromatic heterocycles. The monoisotopic (exact) mass is 287 g/mol. The fourth-order valence-corrected chi connectivity index (χ4v) is 2.02. The molecule has 1 unspecified atom stereocenters. The molecule has 0 spiro atoms. The first-order valence-electron chi connectivity index (χ1n) is 6.40. The third-order valence-corrected chi connectivity index (χ3v) is 3.02. The van der Waals surface area contributed by atoms with E-state index in [4.69, 9.17) is 5.73 Å². The van der Waals surface area contributed by atoms with E-state index in [9.17, 15) is 15.0 Å². The summed E-state index contributed by atoms with van der Waals surface area (Å²) in [6.07, 6.45) is 0.